The van der Waals surface area contributed by atoms with Gasteiger partial charge in [-0.05, 0) is 43.3 Å². The second-order valence-corrected chi connectivity index (χ2v) is 6.47. The van der Waals surface area contributed by atoms with Crippen molar-refractivity contribution in [3.63, 3.8) is 0 Å². The molecule has 25 heavy (non-hydrogen) atoms. The molecular formula is C19H14N2O3S. The number of benzene rings is 1. The number of thiazole rings is 1. The van der Waals surface area contributed by atoms with Crippen LogP contribution in [0.15, 0.2) is 69.9 Å². The molecule has 3 aromatic heterocycles. The molecule has 0 aliphatic heterocycles. The predicted molar refractivity (Wildman–Crippen MR) is 96.7 cm³/mol. The molecule has 1 N–H and O–H groups in total. The number of anilines is 1. The zero-order chi connectivity index (χ0) is 17.2. The Hall–Kier alpha value is -3.12. The van der Waals surface area contributed by atoms with Crippen molar-refractivity contribution in [2.75, 3.05) is 5.32 Å². The van der Waals surface area contributed by atoms with Crippen LogP contribution in [0.3, 0.4) is 0 Å². The second kappa shape index (κ2) is 6.41. The van der Waals surface area contributed by atoms with Crippen LogP contribution in [0.5, 0.6) is 0 Å². The maximum Gasteiger partial charge on any atom is 0.257 e. The first-order valence-electron chi connectivity index (χ1n) is 7.67. The fourth-order valence-electron chi connectivity index (χ4n) is 2.40. The summed E-state index contributed by atoms with van der Waals surface area (Å²) in [6.07, 6.45) is 3.19. The molecule has 0 bridgehead atoms. The van der Waals surface area contributed by atoms with E-state index in [0.29, 0.717) is 27.9 Å². The minimum absolute atomic E-state index is 0.203. The van der Waals surface area contributed by atoms with Gasteiger partial charge in [-0.25, -0.2) is 4.98 Å². The summed E-state index contributed by atoms with van der Waals surface area (Å²) in [5.41, 5.74) is 2.33. The summed E-state index contributed by atoms with van der Waals surface area (Å²) in [4.78, 5) is 17.8. The lowest BCUT2D eigenvalue weighted by atomic mass is 10.1. The smallest absolute Gasteiger partial charge is 0.257 e. The van der Waals surface area contributed by atoms with Gasteiger partial charge in [0.15, 0.2) is 10.9 Å². The van der Waals surface area contributed by atoms with E-state index in [4.69, 9.17) is 8.83 Å². The molecule has 6 heteroatoms. The van der Waals surface area contributed by atoms with Gasteiger partial charge in [-0.1, -0.05) is 29.0 Å². The summed E-state index contributed by atoms with van der Waals surface area (Å²) in [7, 11) is 0. The molecule has 3 heterocycles. The maximum atomic E-state index is 12.4. The van der Waals surface area contributed by atoms with Crippen LogP contribution in [-0.2, 0) is 0 Å². The SMILES string of the molecule is Cc1ccc(C(=O)Nc2nc(-c3ccco3)c(-c3ccco3)s2)cc1. The van der Waals surface area contributed by atoms with E-state index in [1.165, 1.54) is 11.3 Å². The molecule has 0 fully saturated rings. The van der Waals surface area contributed by atoms with Crippen LogP contribution in [0.25, 0.3) is 22.1 Å². The van der Waals surface area contributed by atoms with Gasteiger partial charge >= 0.3 is 0 Å². The lowest BCUT2D eigenvalue weighted by molar-refractivity contribution is 0.102. The second-order valence-electron chi connectivity index (χ2n) is 5.47. The number of carbonyl (C=O) groups is 1. The molecule has 0 unspecified atom stereocenters. The van der Waals surface area contributed by atoms with E-state index in [2.05, 4.69) is 10.3 Å². The first kappa shape index (κ1) is 15.4. The minimum atomic E-state index is -0.203. The van der Waals surface area contributed by atoms with Crippen molar-refractivity contribution in [1.82, 2.24) is 4.98 Å². The molecule has 4 aromatic rings. The van der Waals surface area contributed by atoms with Gasteiger partial charge in [0.05, 0.1) is 12.5 Å². The van der Waals surface area contributed by atoms with Crippen LogP contribution in [-0.4, -0.2) is 10.9 Å². The molecule has 0 radical (unpaired) electrons. The number of nitrogens with one attached hydrogen (secondary N) is 1. The van der Waals surface area contributed by atoms with Crippen LogP contribution >= 0.6 is 11.3 Å². The van der Waals surface area contributed by atoms with E-state index in [9.17, 15) is 4.79 Å². The highest BCUT2D eigenvalue weighted by molar-refractivity contribution is 7.19. The Balaban J connectivity index is 1.68. The predicted octanol–water partition coefficient (Wildman–Crippen LogP) is 5.22. The molecule has 0 aliphatic carbocycles. The number of carbonyl (C=O) groups excluding carboxylic acids is 1. The molecular weight excluding hydrogens is 336 g/mol. The van der Waals surface area contributed by atoms with Crippen molar-refractivity contribution >= 4 is 22.4 Å². The highest BCUT2D eigenvalue weighted by Crippen LogP contribution is 2.39. The van der Waals surface area contributed by atoms with E-state index < -0.39 is 0 Å². The third-order valence-electron chi connectivity index (χ3n) is 3.66. The van der Waals surface area contributed by atoms with Crippen molar-refractivity contribution in [3.8, 4) is 22.1 Å². The van der Waals surface area contributed by atoms with Crippen LogP contribution < -0.4 is 5.32 Å². The van der Waals surface area contributed by atoms with Crippen LogP contribution in [0.2, 0.25) is 0 Å². The Labute approximate surface area is 147 Å². The molecule has 0 saturated heterocycles. The first-order valence-corrected chi connectivity index (χ1v) is 8.49. The number of furan rings is 2. The number of hydrogen-bond acceptors (Lipinski definition) is 5. The molecule has 1 aromatic carbocycles. The monoisotopic (exact) mass is 350 g/mol. The van der Waals surface area contributed by atoms with Gasteiger partial charge in [0.2, 0.25) is 0 Å². The molecule has 124 valence electrons. The first-order chi connectivity index (χ1) is 12.2. The average Bonchev–Trinajstić information content (AvgIpc) is 3.36. The zero-order valence-corrected chi connectivity index (χ0v) is 14.2. The molecule has 0 spiro atoms. The van der Waals surface area contributed by atoms with Gasteiger partial charge in [-0.15, -0.1) is 0 Å². The van der Waals surface area contributed by atoms with Crippen LogP contribution in [0.4, 0.5) is 5.13 Å². The van der Waals surface area contributed by atoms with Crippen molar-refractivity contribution in [2.24, 2.45) is 0 Å². The van der Waals surface area contributed by atoms with E-state index in [-0.39, 0.29) is 5.91 Å². The van der Waals surface area contributed by atoms with E-state index >= 15 is 0 Å². The summed E-state index contributed by atoms with van der Waals surface area (Å²) in [6, 6.07) is 14.7. The Morgan fingerprint density at radius 1 is 1.00 bits per heavy atom. The molecule has 0 saturated carbocycles. The number of hydrogen-bond donors (Lipinski definition) is 1. The Morgan fingerprint density at radius 3 is 2.32 bits per heavy atom. The summed E-state index contributed by atoms with van der Waals surface area (Å²) < 4.78 is 11.0. The summed E-state index contributed by atoms with van der Waals surface area (Å²) in [6.45, 7) is 1.98. The summed E-state index contributed by atoms with van der Waals surface area (Å²) >= 11 is 1.34. The lowest BCUT2D eigenvalue weighted by Gasteiger charge is -2.01. The Morgan fingerprint density at radius 2 is 1.68 bits per heavy atom. The van der Waals surface area contributed by atoms with Crippen molar-refractivity contribution < 1.29 is 13.6 Å². The van der Waals surface area contributed by atoms with E-state index in [1.54, 1.807) is 30.7 Å². The van der Waals surface area contributed by atoms with Gasteiger partial charge in [0.25, 0.3) is 5.91 Å². The maximum absolute atomic E-state index is 12.4. The lowest BCUT2D eigenvalue weighted by Crippen LogP contribution is -2.11. The number of aryl methyl sites for hydroxylation is 1. The topological polar surface area (TPSA) is 68.3 Å². The number of aromatic nitrogens is 1. The van der Waals surface area contributed by atoms with Gasteiger partial charge in [0, 0.05) is 5.56 Å². The Kier molecular flexibility index (Phi) is 3.95. The number of amides is 1. The normalized spacial score (nSPS) is 10.8. The summed E-state index contributed by atoms with van der Waals surface area (Å²) in [5, 5.41) is 3.34. The van der Waals surface area contributed by atoms with Crippen molar-refractivity contribution in [3.05, 3.63) is 72.2 Å². The summed E-state index contributed by atoms with van der Waals surface area (Å²) in [5.74, 6) is 1.10. The highest BCUT2D eigenvalue weighted by atomic mass is 32.1. The minimum Gasteiger partial charge on any atom is -0.463 e. The van der Waals surface area contributed by atoms with Crippen molar-refractivity contribution in [1.29, 1.82) is 0 Å². The van der Waals surface area contributed by atoms with Gasteiger partial charge < -0.3 is 8.83 Å². The van der Waals surface area contributed by atoms with Gasteiger partial charge in [-0.3, -0.25) is 10.1 Å². The largest absolute Gasteiger partial charge is 0.463 e. The molecule has 4 rings (SSSR count). The highest BCUT2D eigenvalue weighted by Gasteiger charge is 2.20. The van der Waals surface area contributed by atoms with E-state index in [1.807, 2.05) is 37.3 Å². The van der Waals surface area contributed by atoms with Gasteiger partial charge in [0.1, 0.15) is 16.3 Å². The third kappa shape index (κ3) is 3.12. The quantitative estimate of drug-likeness (QED) is 0.547. The van der Waals surface area contributed by atoms with Crippen molar-refractivity contribution in [2.45, 2.75) is 6.92 Å². The van der Waals surface area contributed by atoms with Gasteiger partial charge in [-0.2, -0.15) is 0 Å². The fourth-order valence-corrected chi connectivity index (χ4v) is 3.34. The van der Waals surface area contributed by atoms with E-state index in [0.717, 1.165) is 10.4 Å². The molecule has 0 atom stereocenters. The molecule has 0 aliphatic rings. The average molecular weight is 350 g/mol. The fraction of sp³-hybridized carbons (Fsp3) is 0.0526. The van der Waals surface area contributed by atoms with Crippen LogP contribution in [0.1, 0.15) is 15.9 Å². The Bertz CT molecular complexity index is 932. The standard InChI is InChI=1S/C19H14N2O3S/c1-12-6-8-13(9-7-12)18(22)21-19-20-16(14-4-2-10-23-14)17(25-19)15-5-3-11-24-15/h2-11H,1H3,(H,20,21,22). The zero-order valence-electron chi connectivity index (χ0n) is 13.4. The third-order valence-corrected chi connectivity index (χ3v) is 4.65. The molecule has 5 nitrogen and oxygen atoms in total. The number of nitrogens with zero attached hydrogens (tertiary/aromatic N) is 1. The molecule has 1 amide bonds. The van der Waals surface area contributed by atoms with Crippen LogP contribution in [0, 0.1) is 6.92 Å². The number of rotatable bonds is 4.